The van der Waals surface area contributed by atoms with Crippen molar-refractivity contribution in [3.05, 3.63) is 24.3 Å². The molecule has 102 valence electrons. The molecular formula is C12H20N2O3S. The molecule has 1 aromatic carbocycles. The van der Waals surface area contributed by atoms with Crippen molar-refractivity contribution in [3.8, 4) is 5.75 Å². The first-order chi connectivity index (χ1) is 8.40. The second kappa shape index (κ2) is 6.17. The Labute approximate surface area is 108 Å². The maximum absolute atomic E-state index is 12.1. The second-order valence-corrected chi connectivity index (χ2v) is 6.10. The molecule has 0 bridgehead atoms. The predicted molar refractivity (Wildman–Crippen MR) is 71.0 cm³/mol. The van der Waals surface area contributed by atoms with Gasteiger partial charge in [-0.3, -0.25) is 0 Å². The third-order valence-corrected chi connectivity index (χ3v) is 4.24. The maximum atomic E-state index is 12.1. The number of benzene rings is 1. The molecule has 1 rings (SSSR count). The van der Waals surface area contributed by atoms with E-state index >= 15 is 0 Å². The maximum Gasteiger partial charge on any atom is 0.240 e. The number of ether oxygens (including phenoxy) is 1. The molecule has 18 heavy (non-hydrogen) atoms. The first-order valence-electron chi connectivity index (χ1n) is 5.77. The highest BCUT2D eigenvalue weighted by molar-refractivity contribution is 7.89. The molecule has 0 saturated heterocycles. The molecule has 0 spiro atoms. The zero-order valence-electron chi connectivity index (χ0n) is 10.9. The Hall–Kier alpha value is -1.11. The van der Waals surface area contributed by atoms with Crippen LogP contribution in [0, 0.1) is 5.92 Å². The number of nitrogens with one attached hydrogen (secondary N) is 1. The third kappa shape index (κ3) is 3.69. The van der Waals surface area contributed by atoms with Crippen molar-refractivity contribution in [2.45, 2.75) is 24.8 Å². The molecule has 1 aromatic rings. The van der Waals surface area contributed by atoms with Crippen LogP contribution in [0.5, 0.6) is 5.75 Å². The van der Waals surface area contributed by atoms with E-state index in [1.165, 1.54) is 19.2 Å². The Balaban J connectivity index is 2.91. The fourth-order valence-electron chi connectivity index (χ4n) is 1.48. The summed E-state index contributed by atoms with van der Waals surface area (Å²) in [6, 6.07) is 5.98. The molecule has 0 heterocycles. The van der Waals surface area contributed by atoms with Crippen molar-refractivity contribution in [2.75, 3.05) is 13.7 Å². The van der Waals surface area contributed by atoms with Crippen LogP contribution in [-0.2, 0) is 10.0 Å². The van der Waals surface area contributed by atoms with Crippen LogP contribution in [0.1, 0.15) is 13.8 Å². The Kier molecular flexibility index (Phi) is 5.13. The Bertz CT molecular complexity index is 469. The Morgan fingerprint density at radius 1 is 1.28 bits per heavy atom. The van der Waals surface area contributed by atoms with Crippen LogP contribution in [0.15, 0.2) is 29.2 Å². The fourth-order valence-corrected chi connectivity index (χ4v) is 2.88. The van der Waals surface area contributed by atoms with Crippen LogP contribution < -0.4 is 15.2 Å². The molecule has 0 fully saturated rings. The molecule has 5 nitrogen and oxygen atoms in total. The normalized spacial score (nSPS) is 13.6. The van der Waals surface area contributed by atoms with Gasteiger partial charge in [0.15, 0.2) is 0 Å². The van der Waals surface area contributed by atoms with Crippen molar-refractivity contribution in [2.24, 2.45) is 11.7 Å². The largest absolute Gasteiger partial charge is 0.497 e. The summed E-state index contributed by atoms with van der Waals surface area (Å²) in [6.45, 7) is 4.12. The lowest BCUT2D eigenvalue weighted by molar-refractivity contribution is 0.414. The number of rotatable bonds is 6. The molecule has 0 saturated carbocycles. The monoisotopic (exact) mass is 272 g/mol. The quantitative estimate of drug-likeness (QED) is 0.808. The van der Waals surface area contributed by atoms with E-state index in [2.05, 4.69) is 4.72 Å². The minimum absolute atomic E-state index is 0.142. The number of methoxy groups -OCH3 is 1. The van der Waals surface area contributed by atoms with Gasteiger partial charge in [-0.1, -0.05) is 13.8 Å². The van der Waals surface area contributed by atoms with Crippen LogP contribution in [0.3, 0.4) is 0 Å². The minimum Gasteiger partial charge on any atom is -0.497 e. The van der Waals surface area contributed by atoms with Crippen LogP contribution in [0.2, 0.25) is 0 Å². The van der Waals surface area contributed by atoms with Gasteiger partial charge >= 0.3 is 0 Å². The lowest BCUT2D eigenvalue weighted by atomic mass is 10.1. The van der Waals surface area contributed by atoms with E-state index in [4.69, 9.17) is 10.5 Å². The van der Waals surface area contributed by atoms with Gasteiger partial charge in [-0.25, -0.2) is 13.1 Å². The second-order valence-electron chi connectivity index (χ2n) is 4.38. The third-order valence-electron chi connectivity index (χ3n) is 2.73. The number of nitrogens with two attached hydrogens (primary N) is 1. The molecule has 0 radical (unpaired) electrons. The summed E-state index contributed by atoms with van der Waals surface area (Å²) in [7, 11) is -1.99. The number of hydrogen-bond acceptors (Lipinski definition) is 4. The van der Waals surface area contributed by atoms with Crippen molar-refractivity contribution in [1.29, 1.82) is 0 Å². The van der Waals surface area contributed by atoms with Crippen LogP contribution >= 0.6 is 0 Å². The van der Waals surface area contributed by atoms with Gasteiger partial charge in [-0.05, 0) is 30.2 Å². The van der Waals surface area contributed by atoms with Gasteiger partial charge in [0.25, 0.3) is 0 Å². The summed E-state index contributed by atoms with van der Waals surface area (Å²) in [5, 5.41) is 0. The molecule has 0 aliphatic rings. The van der Waals surface area contributed by atoms with Crippen molar-refractivity contribution in [3.63, 3.8) is 0 Å². The lowest BCUT2D eigenvalue weighted by Crippen LogP contribution is -2.43. The summed E-state index contributed by atoms with van der Waals surface area (Å²) < 4.78 is 31.8. The summed E-state index contributed by atoms with van der Waals surface area (Å²) in [4.78, 5) is 0.211. The predicted octanol–water partition coefficient (Wildman–Crippen LogP) is 0.957. The zero-order valence-corrected chi connectivity index (χ0v) is 11.7. The van der Waals surface area contributed by atoms with Gasteiger partial charge in [0.05, 0.1) is 12.0 Å². The van der Waals surface area contributed by atoms with E-state index in [-0.39, 0.29) is 23.4 Å². The molecular weight excluding hydrogens is 252 g/mol. The van der Waals surface area contributed by atoms with E-state index in [1.807, 2.05) is 13.8 Å². The summed E-state index contributed by atoms with van der Waals surface area (Å²) in [5.74, 6) is 0.760. The fraction of sp³-hybridized carbons (Fsp3) is 0.500. The van der Waals surface area contributed by atoms with Crippen molar-refractivity contribution in [1.82, 2.24) is 4.72 Å². The van der Waals surface area contributed by atoms with E-state index in [0.29, 0.717) is 5.75 Å². The molecule has 0 aliphatic heterocycles. The highest BCUT2D eigenvalue weighted by atomic mass is 32.2. The highest BCUT2D eigenvalue weighted by Gasteiger charge is 2.21. The van der Waals surface area contributed by atoms with Crippen molar-refractivity contribution >= 4 is 10.0 Å². The average molecular weight is 272 g/mol. The van der Waals surface area contributed by atoms with Gasteiger partial charge in [-0.15, -0.1) is 0 Å². The molecule has 0 aromatic heterocycles. The highest BCUT2D eigenvalue weighted by Crippen LogP contribution is 2.16. The number of hydrogen-bond donors (Lipinski definition) is 2. The smallest absolute Gasteiger partial charge is 0.240 e. The topological polar surface area (TPSA) is 81.4 Å². The van der Waals surface area contributed by atoms with Gasteiger partial charge in [0.1, 0.15) is 5.75 Å². The van der Waals surface area contributed by atoms with Gasteiger partial charge in [0, 0.05) is 12.6 Å². The molecule has 0 amide bonds. The average Bonchev–Trinajstić information content (AvgIpc) is 2.35. The Morgan fingerprint density at radius 2 is 1.83 bits per heavy atom. The summed E-state index contributed by atoms with van der Waals surface area (Å²) in [5.41, 5.74) is 5.56. The first-order valence-corrected chi connectivity index (χ1v) is 7.25. The molecule has 3 N–H and O–H groups in total. The van der Waals surface area contributed by atoms with Crippen LogP contribution in [0.4, 0.5) is 0 Å². The zero-order chi connectivity index (χ0) is 13.8. The van der Waals surface area contributed by atoms with E-state index in [1.54, 1.807) is 12.1 Å². The summed E-state index contributed by atoms with van der Waals surface area (Å²) >= 11 is 0. The standard InChI is InChI=1S/C12H20N2O3S/c1-9(2)12(8-13)14-18(15,16)11-6-4-10(17-3)5-7-11/h4-7,9,12,14H,8,13H2,1-3H3. The van der Waals surface area contributed by atoms with Crippen molar-refractivity contribution < 1.29 is 13.2 Å². The first kappa shape index (κ1) is 14.9. The van der Waals surface area contributed by atoms with Gasteiger partial charge in [-0.2, -0.15) is 0 Å². The lowest BCUT2D eigenvalue weighted by Gasteiger charge is -2.20. The minimum atomic E-state index is -3.53. The van der Waals surface area contributed by atoms with E-state index < -0.39 is 10.0 Å². The van der Waals surface area contributed by atoms with Crippen LogP contribution in [-0.4, -0.2) is 28.1 Å². The number of sulfonamides is 1. The Morgan fingerprint density at radius 3 is 2.22 bits per heavy atom. The van der Waals surface area contributed by atoms with E-state index in [0.717, 1.165) is 0 Å². The van der Waals surface area contributed by atoms with Gasteiger partial charge in [0.2, 0.25) is 10.0 Å². The molecule has 0 aliphatic carbocycles. The van der Waals surface area contributed by atoms with E-state index in [9.17, 15) is 8.42 Å². The van der Waals surface area contributed by atoms with Crippen LogP contribution in [0.25, 0.3) is 0 Å². The molecule has 1 unspecified atom stereocenters. The summed E-state index contributed by atoms with van der Waals surface area (Å²) in [6.07, 6.45) is 0. The SMILES string of the molecule is COc1ccc(S(=O)(=O)NC(CN)C(C)C)cc1. The molecule has 1 atom stereocenters. The molecule has 6 heteroatoms. The van der Waals surface area contributed by atoms with Gasteiger partial charge < -0.3 is 10.5 Å².